The number of aromatic nitrogens is 1. The van der Waals surface area contributed by atoms with Gasteiger partial charge in [-0.1, -0.05) is 18.2 Å². The van der Waals surface area contributed by atoms with Crippen molar-refractivity contribution in [3.05, 3.63) is 60.4 Å². The summed E-state index contributed by atoms with van der Waals surface area (Å²) in [5.41, 5.74) is 0.549. The second-order valence-electron chi connectivity index (χ2n) is 5.95. The van der Waals surface area contributed by atoms with Crippen LogP contribution >= 0.6 is 0 Å². The number of likely N-dealkylation sites (tertiary alicyclic amines) is 1. The van der Waals surface area contributed by atoms with E-state index in [-0.39, 0.29) is 24.5 Å². The van der Waals surface area contributed by atoms with Crippen LogP contribution in [0.3, 0.4) is 0 Å². The van der Waals surface area contributed by atoms with Crippen LogP contribution in [0.5, 0.6) is 5.75 Å². The molecule has 1 N–H and O–H groups in total. The Morgan fingerprint density at radius 3 is 2.68 bits per heavy atom. The Bertz CT molecular complexity index is 706. The molecule has 2 aromatic rings. The van der Waals surface area contributed by atoms with Gasteiger partial charge < -0.3 is 15.0 Å². The molecule has 1 aliphatic heterocycles. The maximum Gasteiger partial charge on any atom is 0.251 e. The molecule has 25 heavy (non-hydrogen) atoms. The third-order valence-electron chi connectivity index (χ3n) is 4.12. The Labute approximate surface area is 146 Å². The number of amides is 2. The lowest BCUT2D eigenvalue weighted by Gasteiger charge is -2.33. The third kappa shape index (κ3) is 4.79. The Balaban J connectivity index is 1.49. The van der Waals surface area contributed by atoms with Crippen molar-refractivity contribution in [3.63, 3.8) is 0 Å². The van der Waals surface area contributed by atoms with E-state index in [4.69, 9.17) is 4.74 Å². The van der Waals surface area contributed by atoms with Crippen molar-refractivity contribution in [2.75, 3.05) is 19.6 Å². The topological polar surface area (TPSA) is 71.5 Å². The van der Waals surface area contributed by atoms with Crippen LogP contribution < -0.4 is 10.1 Å². The fourth-order valence-electron chi connectivity index (χ4n) is 2.83. The summed E-state index contributed by atoms with van der Waals surface area (Å²) in [7, 11) is 0. The van der Waals surface area contributed by atoms with E-state index in [1.807, 2.05) is 6.07 Å². The van der Waals surface area contributed by atoms with Crippen LogP contribution in [0.4, 0.5) is 0 Å². The highest BCUT2D eigenvalue weighted by Crippen LogP contribution is 2.17. The van der Waals surface area contributed by atoms with Crippen molar-refractivity contribution in [3.8, 4) is 5.75 Å². The predicted octanol–water partition coefficient (Wildman–Crippen LogP) is 1.88. The van der Waals surface area contributed by atoms with E-state index in [1.165, 1.54) is 0 Å². The smallest absolute Gasteiger partial charge is 0.251 e. The number of pyridine rings is 1. The lowest BCUT2D eigenvalue weighted by molar-refractivity contribution is -0.132. The van der Waals surface area contributed by atoms with Crippen molar-refractivity contribution in [2.45, 2.75) is 18.9 Å². The first-order valence-electron chi connectivity index (χ1n) is 8.40. The molecule has 1 fully saturated rings. The van der Waals surface area contributed by atoms with E-state index in [2.05, 4.69) is 10.3 Å². The van der Waals surface area contributed by atoms with Gasteiger partial charge in [-0.3, -0.25) is 14.6 Å². The predicted molar refractivity (Wildman–Crippen MR) is 93.2 cm³/mol. The number of benzene rings is 1. The molecule has 3 rings (SSSR count). The quantitative estimate of drug-likeness (QED) is 0.903. The van der Waals surface area contributed by atoms with Crippen LogP contribution in [0, 0.1) is 0 Å². The van der Waals surface area contributed by atoms with Gasteiger partial charge in [-0.2, -0.15) is 0 Å². The van der Waals surface area contributed by atoms with E-state index in [0.29, 0.717) is 18.7 Å². The number of hydrogen-bond donors (Lipinski definition) is 1. The van der Waals surface area contributed by atoms with E-state index < -0.39 is 0 Å². The molecule has 0 aliphatic carbocycles. The van der Waals surface area contributed by atoms with Gasteiger partial charge in [0.05, 0.1) is 13.1 Å². The number of carbonyl (C=O) groups excluding carboxylic acids is 2. The first-order chi connectivity index (χ1) is 12.2. The van der Waals surface area contributed by atoms with E-state index in [1.54, 1.807) is 53.7 Å². The van der Waals surface area contributed by atoms with Gasteiger partial charge in [-0.15, -0.1) is 0 Å². The molecule has 0 spiro atoms. The van der Waals surface area contributed by atoms with Crippen molar-refractivity contribution < 1.29 is 14.3 Å². The second kappa shape index (κ2) is 8.28. The summed E-state index contributed by atoms with van der Waals surface area (Å²) in [5.74, 6) is 0.425. The zero-order valence-corrected chi connectivity index (χ0v) is 13.9. The number of carbonyl (C=O) groups is 2. The van der Waals surface area contributed by atoms with Crippen molar-refractivity contribution in [2.24, 2.45) is 0 Å². The monoisotopic (exact) mass is 339 g/mol. The lowest BCUT2D eigenvalue weighted by atomic mass is 10.1. The van der Waals surface area contributed by atoms with Crippen LogP contribution in [0.15, 0.2) is 54.9 Å². The van der Waals surface area contributed by atoms with Crippen molar-refractivity contribution in [1.82, 2.24) is 15.2 Å². The van der Waals surface area contributed by atoms with Gasteiger partial charge in [-0.25, -0.2) is 0 Å². The fourth-order valence-corrected chi connectivity index (χ4v) is 2.83. The minimum Gasteiger partial charge on any atom is -0.488 e. The highest BCUT2D eigenvalue weighted by atomic mass is 16.5. The van der Waals surface area contributed by atoms with Crippen molar-refractivity contribution >= 4 is 11.8 Å². The van der Waals surface area contributed by atoms with Gasteiger partial charge in [0.25, 0.3) is 5.91 Å². The van der Waals surface area contributed by atoms with Crippen LogP contribution in [-0.2, 0) is 4.79 Å². The molecular formula is C19H21N3O3. The molecule has 2 amide bonds. The molecule has 1 saturated heterocycles. The molecule has 0 bridgehead atoms. The van der Waals surface area contributed by atoms with E-state index >= 15 is 0 Å². The van der Waals surface area contributed by atoms with Crippen LogP contribution in [-0.4, -0.2) is 47.4 Å². The summed E-state index contributed by atoms with van der Waals surface area (Å²) in [4.78, 5) is 30.1. The Kier molecular flexibility index (Phi) is 5.61. The molecular weight excluding hydrogens is 318 g/mol. The highest BCUT2D eigenvalue weighted by Gasteiger charge is 2.25. The van der Waals surface area contributed by atoms with E-state index in [9.17, 15) is 9.59 Å². The molecule has 2 heterocycles. The fraction of sp³-hybridized carbons (Fsp3) is 0.316. The minimum atomic E-state index is -0.240. The molecule has 0 radical (unpaired) electrons. The van der Waals surface area contributed by atoms with E-state index in [0.717, 1.165) is 18.6 Å². The normalized spacial score (nSPS) is 17.0. The molecule has 130 valence electrons. The number of hydrogen-bond acceptors (Lipinski definition) is 4. The van der Waals surface area contributed by atoms with Gasteiger partial charge in [0.15, 0.2) is 0 Å². The molecule has 1 aliphatic rings. The van der Waals surface area contributed by atoms with Gasteiger partial charge in [-0.05, 0) is 37.1 Å². The Hall–Kier alpha value is -2.89. The maximum atomic E-state index is 12.4. The Morgan fingerprint density at radius 1 is 1.16 bits per heavy atom. The summed E-state index contributed by atoms with van der Waals surface area (Å²) in [5, 5.41) is 2.68. The number of piperidine rings is 1. The van der Waals surface area contributed by atoms with Gasteiger partial charge in [0.2, 0.25) is 5.91 Å². The lowest BCUT2D eigenvalue weighted by Crippen LogP contribution is -2.48. The van der Waals surface area contributed by atoms with Gasteiger partial charge in [0.1, 0.15) is 11.9 Å². The molecule has 6 heteroatoms. The first-order valence-corrected chi connectivity index (χ1v) is 8.40. The van der Waals surface area contributed by atoms with Crippen LogP contribution in [0.1, 0.15) is 23.2 Å². The van der Waals surface area contributed by atoms with Gasteiger partial charge in [0, 0.05) is 24.5 Å². The summed E-state index contributed by atoms with van der Waals surface area (Å²) < 4.78 is 5.91. The summed E-state index contributed by atoms with van der Waals surface area (Å²) in [6, 6.07) is 12.5. The molecule has 6 nitrogen and oxygen atoms in total. The largest absolute Gasteiger partial charge is 0.488 e. The SMILES string of the molecule is O=C(NCC(=O)N1CCC[C@@H](Oc2ccncc2)C1)c1ccccc1. The maximum absolute atomic E-state index is 12.4. The zero-order chi connectivity index (χ0) is 17.5. The summed E-state index contributed by atoms with van der Waals surface area (Å²) in [6.45, 7) is 1.22. The summed E-state index contributed by atoms with van der Waals surface area (Å²) in [6.07, 6.45) is 5.11. The van der Waals surface area contributed by atoms with Crippen LogP contribution in [0.25, 0.3) is 0 Å². The standard InChI is InChI=1S/C19H21N3O3/c23-18(13-21-19(24)15-5-2-1-3-6-15)22-12-4-7-17(14-22)25-16-8-10-20-11-9-16/h1-3,5-6,8-11,17H,4,7,12-14H2,(H,21,24)/t17-/m1/s1. The minimum absolute atomic E-state index is 0.00426. The number of nitrogens with zero attached hydrogens (tertiary/aromatic N) is 2. The third-order valence-corrected chi connectivity index (χ3v) is 4.12. The second-order valence-corrected chi connectivity index (χ2v) is 5.95. The molecule has 1 aromatic carbocycles. The zero-order valence-electron chi connectivity index (χ0n) is 13.9. The Morgan fingerprint density at radius 2 is 1.92 bits per heavy atom. The average Bonchev–Trinajstić information content (AvgIpc) is 2.67. The average molecular weight is 339 g/mol. The summed E-state index contributed by atoms with van der Waals surface area (Å²) >= 11 is 0. The molecule has 0 saturated carbocycles. The first kappa shape index (κ1) is 17.0. The van der Waals surface area contributed by atoms with Gasteiger partial charge >= 0.3 is 0 Å². The number of rotatable bonds is 5. The highest BCUT2D eigenvalue weighted by molar-refractivity contribution is 5.96. The molecule has 1 atom stereocenters. The number of ether oxygens (including phenoxy) is 1. The molecule has 1 aromatic heterocycles. The van der Waals surface area contributed by atoms with Crippen molar-refractivity contribution in [1.29, 1.82) is 0 Å². The number of nitrogens with one attached hydrogen (secondary N) is 1. The molecule has 0 unspecified atom stereocenters. The van der Waals surface area contributed by atoms with Crippen LogP contribution in [0.2, 0.25) is 0 Å².